The van der Waals surface area contributed by atoms with E-state index in [2.05, 4.69) is 27.3 Å². The fourth-order valence-corrected chi connectivity index (χ4v) is 5.26. The summed E-state index contributed by atoms with van der Waals surface area (Å²) in [5, 5.41) is 6.69. The molecule has 9 nitrogen and oxygen atoms in total. The normalized spacial score (nSPS) is 19.6. The van der Waals surface area contributed by atoms with E-state index in [1.54, 1.807) is 18.1 Å². The van der Waals surface area contributed by atoms with Crippen LogP contribution in [-0.4, -0.2) is 60.6 Å². The maximum absolute atomic E-state index is 13.7. The highest BCUT2D eigenvalue weighted by Gasteiger charge is 2.40. The van der Waals surface area contributed by atoms with E-state index in [-0.39, 0.29) is 29.7 Å². The smallest absolute Gasteiger partial charge is 0.271 e. The predicted octanol–water partition coefficient (Wildman–Crippen LogP) is 2.59. The molecule has 5 rings (SSSR count). The average Bonchev–Trinajstić information content (AvgIpc) is 3.60. The Morgan fingerprint density at radius 1 is 1.25 bits per heavy atom. The molecule has 1 aromatic heterocycles. The molecule has 3 atom stereocenters. The van der Waals surface area contributed by atoms with Gasteiger partial charge in [0.2, 0.25) is 11.8 Å². The number of hydrogen-bond donors (Lipinski definition) is 3. The second kappa shape index (κ2) is 9.85. The molecule has 3 aromatic rings. The van der Waals surface area contributed by atoms with E-state index in [4.69, 9.17) is 4.74 Å². The van der Waals surface area contributed by atoms with Crippen molar-refractivity contribution in [1.29, 1.82) is 0 Å². The van der Waals surface area contributed by atoms with Gasteiger partial charge in [-0.05, 0) is 48.9 Å². The van der Waals surface area contributed by atoms with Crippen LogP contribution in [0.25, 0.3) is 10.9 Å². The van der Waals surface area contributed by atoms with Crippen molar-refractivity contribution in [3.8, 4) is 5.75 Å². The van der Waals surface area contributed by atoms with Crippen molar-refractivity contribution in [2.75, 3.05) is 20.2 Å². The highest BCUT2D eigenvalue weighted by atomic mass is 16.5. The lowest BCUT2D eigenvalue weighted by Gasteiger charge is -2.27. The van der Waals surface area contributed by atoms with Crippen LogP contribution in [0.4, 0.5) is 0 Å². The largest absolute Gasteiger partial charge is 0.496 e. The lowest BCUT2D eigenvalue weighted by Crippen LogP contribution is -2.46. The Morgan fingerprint density at radius 3 is 2.83 bits per heavy atom. The standard InChI is InChI=1S/C27H29N5O4/c1-28-14-18(12-16-10-11-29-25(16)33)30-26(34)24-19-7-4-3-6-17(19)15-32(24)27(35)22-13-20-21(31-22)8-5-9-23(20)36-2/h3-9,13,16,18,24,31H,1,10-12,14-15H2,2H3,(H,29,33)(H,30,34)/t16-,18-,24?/m0/s1. The molecule has 186 valence electrons. The number of carbonyl (C=O) groups excluding carboxylic acids is 3. The minimum atomic E-state index is -0.799. The molecule has 36 heavy (non-hydrogen) atoms. The number of fused-ring (bicyclic) bond motifs is 2. The van der Waals surface area contributed by atoms with E-state index in [9.17, 15) is 14.4 Å². The molecule has 2 aromatic carbocycles. The summed E-state index contributed by atoms with van der Waals surface area (Å²) in [6.07, 6.45) is 1.20. The zero-order valence-corrected chi connectivity index (χ0v) is 20.1. The third-order valence-corrected chi connectivity index (χ3v) is 7.01. The summed E-state index contributed by atoms with van der Waals surface area (Å²) >= 11 is 0. The van der Waals surface area contributed by atoms with Crippen LogP contribution < -0.4 is 15.4 Å². The number of methoxy groups -OCH3 is 1. The lowest BCUT2D eigenvalue weighted by atomic mass is 9.97. The number of aliphatic imine (C=N–C) groups is 1. The van der Waals surface area contributed by atoms with Crippen molar-refractivity contribution in [2.45, 2.75) is 31.5 Å². The molecule has 2 aliphatic heterocycles. The van der Waals surface area contributed by atoms with Gasteiger partial charge in [-0.15, -0.1) is 0 Å². The number of nitrogens with zero attached hydrogens (tertiary/aromatic N) is 2. The minimum Gasteiger partial charge on any atom is -0.496 e. The highest BCUT2D eigenvalue weighted by molar-refractivity contribution is 6.02. The Kier molecular flexibility index (Phi) is 6.45. The molecule has 3 heterocycles. The fourth-order valence-electron chi connectivity index (χ4n) is 5.26. The number of H-pyrrole nitrogens is 1. The number of carbonyl (C=O) groups is 3. The molecule has 0 bridgehead atoms. The number of hydrogen-bond acceptors (Lipinski definition) is 5. The Labute approximate surface area is 208 Å². The number of amides is 3. The molecule has 1 unspecified atom stereocenters. The summed E-state index contributed by atoms with van der Waals surface area (Å²) in [6, 6.07) is 13.8. The van der Waals surface area contributed by atoms with Gasteiger partial charge >= 0.3 is 0 Å². The van der Waals surface area contributed by atoms with Crippen LogP contribution in [0.2, 0.25) is 0 Å². The van der Waals surface area contributed by atoms with Gasteiger partial charge < -0.3 is 25.3 Å². The molecule has 9 heteroatoms. The second-order valence-corrected chi connectivity index (χ2v) is 9.26. The first kappa shape index (κ1) is 23.6. The van der Waals surface area contributed by atoms with Crippen LogP contribution in [-0.2, 0) is 16.1 Å². The van der Waals surface area contributed by atoms with Crippen molar-refractivity contribution in [3.05, 3.63) is 65.4 Å². The number of benzene rings is 2. The number of aromatic amines is 1. The molecular formula is C27H29N5O4. The van der Waals surface area contributed by atoms with Crippen LogP contribution in [0, 0.1) is 5.92 Å². The van der Waals surface area contributed by atoms with Crippen LogP contribution >= 0.6 is 0 Å². The van der Waals surface area contributed by atoms with Crippen molar-refractivity contribution >= 4 is 35.3 Å². The van der Waals surface area contributed by atoms with Crippen molar-refractivity contribution in [2.24, 2.45) is 10.9 Å². The van der Waals surface area contributed by atoms with Gasteiger partial charge in [0.25, 0.3) is 5.91 Å². The lowest BCUT2D eigenvalue weighted by molar-refractivity contribution is -0.127. The van der Waals surface area contributed by atoms with E-state index < -0.39 is 6.04 Å². The molecule has 1 saturated heterocycles. The van der Waals surface area contributed by atoms with Gasteiger partial charge in [0.15, 0.2) is 0 Å². The van der Waals surface area contributed by atoms with Crippen molar-refractivity contribution in [1.82, 2.24) is 20.5 Å². The summed E-state index contributed by atoms with van der Waals surface area (Å²) in [5.41, 5.74) is 2.88. The first-order valence-corrected chi connectivity index (χ1v) is 12.0. The van der Waals surface area contributed by atoms with Crippen LogP contribution in [0.15, 0.2) is 53.5 Å². The number of ether oxygens (including phenoxy) is 1. The third kappa shape index (κ3) is 4.32. The SMILES string of the molecule is C=NC[C@H](C[C@@H]1CCNC1=O)NC(=O)C1c2ccccc2CN1C(=O)c1cc2c(OC)cccc2[nH]1. The molecule has 2 aliphatic rings. The second-order valence-electron chi connectivity index (χ2n) is 9.26. The van der Waals surface area contributed by atoms with Gasteiger partial charge in [0.1, 0.15) is 17.5 Å². The summed E-state index contributed by atoms with van der Waals surface area (Å²) in [7, 11) is 1.59. The van der Waals surface area contributed by atoms with Crippen LogP contribution in [0.1, 0.15) is 40.5 Å². The summed E-state index contributed by atoms with van der Waals surface area (Å²) in [4.78, 5) is 48.2. The number of nitrogens with one attached hydrogen (secondary N) is 3. The van der Waals surface area contributed by atoms with Crippen molar-refractivity contribution in [3.63, 3.8) is 0 Å². The predicted molar refractivity (Wildman–Crippen MR) is 136 cm³/mol. The molecule has 0 saturated carbocycles. The molecule has 0 spiro atoms. The third-order valence-electron chi connectivity index (χ3n) is 7.01. The van der Waals surface area contributed by atoms with Gasteiger partial charge in [0, 0.05) is 36.0 Å². The molecule has 0 radical (unpaired) electrons. The Bertz CT molecular complexity index is 1330. The summed E-state index contributed by atoms with van der Waals surface area (Å²) in [5.74, 6) is -0.0905. The van der Waals surface area contributed by atoms with Crippen molar-refractivity contribution < 1.29 is 19.1 Å². The summed E-state index contributed by atoms with van der Waals surface area (Å²) < 4.78 is 5.43. The Balaban J connectivity index is 1.42. The van der Waals surface area contributed by atoms with Gasteiger partial charge in [-0.3, -0.25) is 19.4 Å². The molecule has 3 N–H and O–H groups in total. The van der Waals surface area contributed by atoms with Gasteiger partial charge in [-0.25, -0.2) is 0 Å². The summed E-state index contributed by atoms with van der Waals surface area (Å²) in [6.45, 7) is 4.82. The van der Waals surface area contributed by atoms with E-state index in [1.807, 2.05) is 42.5 Å². The average molecular weight is 488 g/mol. The van der Waals surface area contributed by atoms with Crippen LogP contribution in [0.5, 0.6) is 5.75 Å². The van der Waals surface area contributed by atoms with Gasteiger partial charge in [0.05, 0.1) is 13.7 Å². The maximum atomic E-state index is 13.7. The van der Waals surface area contributed by atoms with E-state index in [0.29, 0.717) is 37.5 Å². The quantitative estimate of drug-likeness (QED) is 0.424. The molecule has 1 fully saturated rings. The molecule has 3 amide bonds. The van der Waals surface area contributed by atoms with E-state index in [0.717, 1.165) is 28.5 Å². The molecule has 0 aliphatic carbocycles. The van der Waals surface area contributed by atoms with E-state index >= 15 is 0 Å². The maximum Gasteiger partial charge on any atom is 0.271 e. The van der Waals surface area contributed by atoms with Crippen LogP contribution in [0.3, 0.4) is 0 Å². The zero-order valence-electron chi connectivity index (χ0n) is 20.1. The van der Waals surface area contributed by atoms with Gasteiger partial charge in [-0.1, -0.05) is 30.3 Å². The minimum absolute atomic E-state index is 0.00410. The zero-order chi connectivity index (χ0) is 25.2. The first-order valence-electron chi connectivity index (χ1n) is 12.0. The Hall–Kier alpha value is -4.14. The highest BCUT2D eigenvalue weighted by Crippen LogP contribution is 2.36. The number of aromatic nitrogens is 1. The topological polar surface area (TPSA) is 116 Å². The van der Waals surface area contributed by atoms with Gasteiger partial charge in [-0.2, -0.15) is 0 Å². The first-order chi connectivity index (χ1) is 17.5. The van der Waals surface area contributed by atoms with E-state index in [1.165, 1.54) is 0 Å². The number of rotatable bonds is 8. The monoisotopic (exact) mass is 487 g/mol. The Morgan fingerprint density at radius 2 is 2.08 bits per heavy atom. The molecular weight excluding hydrogens is 458 g/mol. The fraction of sp³-hybridized carbons (Fsp3) is 0.333.